The Labute approximate surface area is 585 Å². The third kappa shape index (κ3) is 76.4. The van der Waals surface area contributed by atoms with E-state index in [1.165, 1.54) is 173 Å². The van der Waals surface area contributed by atoms with Gasteiger partial charge in [-0.2, -0.15) is 0 Å². The van der Waals surface area contributed by atoms with Crippen molar-refractivity contribution in [2.45, 2.75) is 334 Å². The molecule has 0 aromatic carbocycles. The lowest BCUT2D eigenvalue weighted by molar-refractivity contribution is -0.870. The van der Waals surface area contributed by atoms with E-state index in [1.54, 1.807) is 0 Å². The fourth-order valence-corrected chi connectivity index (χ4v) is 10.7. The normalized spacial score (nSPS) is 13.5. The topological polar surface area (TPSA) is 111 Å². The molecule has 2 unspecified atom stereocenters. The lowest BCUT2D eigenvalue weighted by Crippen LogP contribution is -2.44. The van der Waals surface area contributed by atoms with E-state index in [1.807, 2.05) is 21.1 Å². The Hall–Kier alpha value is -4.83. The molecule has 542 valence electrons. The highest BCUT2D eigenvalue weighted by molar-refractivity contribution is 5.70. The van der Waals surface area contributed by atoms with Gasteiger partial charge in [-0.1, -0.05) is 333 Å². The number of carbonyl (C=O) groups is 3. The van der Waals surface area contributed by atoms with Gasteiger partial charge in [-0.3, -0.25) is 9.59 Å². The monoisotopic (exact) mass is 1320 g/mol. The molecule has 0 rings (SSSR count). The first-order valence-electron chi connectivity index (χ1n) is 39.0. The van der Waals surface area contributed by atoms with Crippen molar-refractivity contribution in [3.05, 3.63) is 146 Å². The number of carboxylic acid groups (broad SMARTS) is 1. The van der Waals surface area contributed by atoms with Crippen molar-refractivity contribution < 1.29 is 42.9 Å². The molecule has 9 heteroatoms. The van der Waals surface area contributed by atoms with Crippen LogP contribution in [0.15, 0.2) is 146 Å². The molecule has 0 saturated heterocycles. The third-order valence-electron chi connectivity index (χ3n) is 16.6. The Kier molecular flexibility index (Phi) is 71.1. The molecule has 0 aliphatic rings. The fraction of sp³-hybridized carbons (Fsp3) is 0.686. The van der Waals surface area contributed by atoms with Crippen molar-refractivity contribution in [2.75, 3.05) is 47.5 Å². The largest absolute Gasteiger partial charge is 0.545 e. The number of unbranched alkanes of at least 4 members (excludes halogenated alkanes) is 32. The molecule has 0 bridgehead atoms. The average molecular weight is 1320 g/mol. The molecule has 2 atom stereocenters. The average Bonchev–Trinajstić information content (AvgIpc) is 2.92. The molecule has 0 amide bonds. The molecule has 0 saturated carbocycles. The van der Waals surface area contributed by atoms with Crippen molar-refractivity contribution in [2.24, 2.45) is 0 Å². The first kappa shape index (κ1) is 90.2. The summed E-state index contributed by atoms with van der Waals surface area (Å²) >= 11 is 0. The Bertz CT molecular complexity index is 2080. The van der Waals surface area contributed by atoms with Gasteiger partial charge in [0, 0.05) is 12.8 Å². The number of esters is 2. The number of aliphatic carboxylic acids is 1. The maximum Gasteiger partial charge on any atom is 0.306 e. The number of ether oxygens (including phenoxy) is 4. The highest BCUT2D eigenvalue weighted by atomic mass is 16.7. The van der Waals surface area contributed by atoms with Gasteiger partial charge < -0.3 is 33.3 Å². The molecule has 0 heterocycles. The maximum atomic E-state index is 13.0. The van der Waals surface area contributed by atoms with E-state index in [-0.39, 0.29) is 38.6 Å². The number of allylic oxidation sites excluding steroid dienone is 24. The van der Waals surface area contributed by atoms with Gasteiger partial charge in [0.2, 0.25) is 0 Å². The summed E-state index contributed by atoms with van der Waals surface area (Å²) in [7, 11) is 5.93. The van der Waals surface area contributed by atoms with Crippen LogP contribution in [-0.4, -0.2) is 82.3 Å². The van der Waals surface area contributed by atoms with Crippen molar-refractivity contribution in [3.8, 4) is 0 Å². The van der Waals surface area contributed by atoms with Crippen molar-refractivity contribution in [3.63, 3.8) is 0 Å². The second kappa shape index (κ2) is 75.0. The Balaban J connectivity index is 4.10. The summed E-state index contributed by atoms with van der Waals surface area (Å²) in [4.78, 5) is 37.6. The van der Waals surface area contributed by atoms with Gasteiger partial charge in [-0.05, 0) is 122 Å². The maximum absolute atomic E-state index is 13.0. The van der Waals surface area contributed by atoms with Crippen molar-refractivity contribution >= 4 is 17.9 Å². The lowest BCUT2D eigenvalue weighted by Gasteiger charge is -2.26. The number of nitrogens with zero attached hydrogens (tertiary/aromatic N) is 1. The molecule has 0 fully saturated rings. The molecule has 0 aliphatic heterocycles. The molecule has 0 spiro atoms. The molecular weight excluding hydrogens is 1170 g/mol. The van der Waals surface area contributed by atoms with Crippen LogP contribution in [0.1, 0.15) is 322 Å². The second-order valence-electron chi connectivity index (χ2n) is 26.9. The van der Waals surface area contributed by atoms with Crippen molar-refractivity contribution in [1.29, 1.82) is 0 Å². The Morgan fingerprint density at radius 3 is 0.895 bits per heavy atom. The molecular formula is C86H145NO8. The molecule has 0 aromatic rings. The van der Waals surface area contributed by atoms with E-state index in [0.717, 1.165) is 116 Å². The van der Waals surface area contributed by atoms with E-state index in [4.69, 9.17) is 18.9 Å². The predicted octanol–water partition coefficient (Wildman–Crippen LogP) is 23.7. The number of likely N-dealkylation sites (N-methyl/N-ethyl adjacent to an activating group) is 1. The third-order valence-corrected chi connectivity index (χ3v) is 16.6. The fourth-order valence-electron chi connectivity index (χ4n) is 10.7. The van der Waals surface area contributed by atoms with E-state index in [9.17, 15) is 19.5 Å². The van der Waals surface area contributed by atoms with Gasteiger partial charge in [0.25, 0.3) is 0 Å². The predicted molar refractivity (Wildman–Crippen MR) is 407 cm³/mol. The molecule has 0 N–H and O–H groups in total. The summed E-state index contributed by atoms with van der Waals surface area (Å²) in [6.45, 7) is 4.64. The number of carbonyl (C=O) groups excluding carboxylic acids is 3. The van der Waals surface area contributed by atoms with Crippen LogP contribution in [0.25, 0.3) is 0 Å². The summed E-state index contributed by atoms with van der Waals surface area (Å²) in [6, 6.07) is 0. The number of quaternary nitrogens is 1. The van der Waals surface area contributed by atoms with Crippen LogP contribution in [0.4, 0.5) is 0 Å². The summed E-state index contributed by atoms with van der Waals surface area (Å²) in [6.07, 6.45) is 107. The van der Waals surface area contributed by atoms with Crippen molar-refractivity contribution in [1.82, 2.24) is 0 Å². The number of carboxylic acids is 1. The summed E-state index contributed by atoms with van der Waals surface area (Å²) in [5, 5.41) is 11.9. The van der Waals surface area contributed by atoms with Crippen LogP contribution in [-0.2, 0) is 33.3 Å². The smallest absolute Gasteiger partial charge is 0.306 e. The van der Waals surface area contributed by atoms with Gasteiger partial charge in [0.15, 0.2) is 12.4 Å². The molecule has 0 aromatic heterocycles. The standard InChI is InChI=1S/C86H145NO8/c1-6-8-10-12-14-16-18-20-22-24-26-28-30-32-34-36-38-39-40-41-42-43-44-45-47-49-51-53-55-57-59-61-63-65-67-69-71-73-75-77-84(89)95-82(81-94-86(85(90)91)92-79-78-87(3,4)5)80-93-83(88)76-74-72-70-68-66-64-62-60-58-56-54-52-50-48-46-37-35-33-31-29-27-25-23-21-19-17-15-13-11-9-7-2/h8,10,14,16,19-22,25-28,31-34,38-39,41-42,44-45,49,51,82,86H,6-7,9,11-13,15,17-18,23-24,29-30,35-37,40,43,46-48,50,52-81H2,1-5H3/b10-8-,16-14-,21-19-,22-20-,27-25-,28-26-,33-31-,34-32-,39-38-,42-41-,45-44-,51-49-. The zero-order chi connectivity index (χ0) is 69.0. The highest BCUT2D eigenvalue weighted by Gasteiger charge is 2.22. The summed E-state index contributed by atoms with van der Waals surface area (Å²) in [5.41, 5.74) is 0. The van der Waals surface area contributed by atoms with Gasteiger partial charge >= 0.3 is 11.9 Å². The van der Waals surface area contributed by atoms with Gasteiger partial charge in [-0.25, -0.2) is 0 Å². The Morgan fingerprint density at radius 2 is 0.600 bits per heavy atom. The van der Waals surface area contributed by atoms with E-state index >= 15 is 0 Å². The van der Waals surface area contributed by atoms with Gasteiger partial charge in [0.05, 0.1) is 40.3 Å². The Morgan fingerprint density at radius 1 is 0.326 bits per heavy atom. The van der Waals surface area contributed by atoms with E-state index in [2.05, 4.69) is 160 Å². The summed E-state index contributed by atoms with van der Waals surface area (Å²) in [5.74, 6) is -2.28. The van der Waals surface area contributed by atoms with Crippen LogP contribution in [0, 0.1) is 0 Å². The number of rotatable bonds is 71. The van der Waals surface area contributed by atoms with E-state index < -0.39 is 24.3 Å². The van der Waals surface area contributed by atoms with E-state index in [0.29, 0.717) is 17.4 Å². The minimum atomic E-state index is -1.63. The zero-order valence-corrected chi connectivity index (χ0v) is 62.0. The minimum Gasteiger partial charge on any atom is -0.545 e. The first-order valence-corrected chi connectivity index (χ1v) is 39.0. The quantitative estimate of drug-likeness (QED) is 0.0195. The highest BCUT2D eigenvalue weighted by Crippen LogP contribution is 2.17. The molecule has 0 radical (unpaired) electrons. The van der Waals surface area contributed by atoms with Crippen LogP contribution < -0.4 is 5.11 Å². The molecule has 95 heavy (non-hydrogen) atoms. The first-order chi connectivity index (χ1) is 46.6. The van der Waals surface area contributed by atoms with Gasteiger partial charge in [0.1, 0.15) is 13.2 Å². The zero-order valence-electron chi connectivity index (χ0n) is 62.0. The molecule has 0 aliphatic carbocycles. The van der Waals surface area contributed by atoms with Crippen LogP contribution in [0.2, 0.25) is 0 Å². The van der Waals surface area contributed by atoms with Crippen LogP contribution in [0.5, 0.6) is 0 Å². The number of hydrogen-bond acceptors (Lipinski definition) is 8. The minimum absolute atomic E-state index is 0.142. The number of hydrogen-bond donors (Lipinski definition) is 0. The molecule has 9 nitrogen and oxygen atoms in total. The lowest BCUT2D eigenvalue weighted by atomic mass is 10.0. The SMILES string of the molecule is CC/C=C\C/C=C\C/C=C\C/C=C\C/C=C\C/C=C\C/C=C\C/C=C\C/C=C\CCCCCCCCCCCCCC(=O)OC(COC(=O)CCCCCCCCCCCCCCCCCC/C=C\C/C=C\C/C=C\CCCCCCC)COC(OCC[N+](C)(C)C)C(=O)[O-]. The van der Waals surface area contributed by atoms with Gasteiger partial charge in [-0.15, -0.1) is 0 Å². The van der Waals surface area contributed by atoms with Crippen LogP contribution >= 0.6 is 0 Å². The van der Waals surface area contributed by atoms with Crippen LogP contribution in [0.3, 0.4) is 0 Å². The summed E-state index contributed by atoms with van der Waals surface area (Å²) < 4.78 is 22.8. The second-order valence-corrected chi connectivity index (χ2v) is 26.9.